The smallest absolute Gasteiger partial charge is 0.410 e. The maximum absolute atomic E-state index is 13.3. The van der Waals surface area contributed by atoms with Crippen molar-refractivity contribution in [2.45, 2.75) is 69.2 Å². The molecule has 0 radical (unpaired) electrons. The van der Waals surface area contributed by atoms with Gasteiger partial charge in [0.15, 0.2) is 9.84 Å². The summed E-state index contributed by atoms with van der Waals surface area (Å²) in [7, 11) is -3.53. The second kappa shape index (κ2) is 11.7. The lowest BCUT2D eigenvalue weighted by Crippen LogP contribution is -2.52. The minimum Gasteiger partial charge on any atom is -0.444 e. The van der Waals surface area contributed by atoms with Crippen molar-refractivity contribution < 1.29 is 27.5 Å². The van der Waals surface area contributed by atoms with Gasteiger partial charge < -0.3 is 15.4 Å². The normalized spacial score (nSPS) is 18.5. The standard InChI is InChI=1S/C27H34ClN3O6S/c1-17(24(32)29-15-19-13-21(28)11-12-23(19)38(5,35)36)30-25(33)22-14-20(18-9-7-6-8-10-18)16-31(22)26(34)37-27(2,3)4/h6-13,17,20,22H,14-16H2,1-5H3,(H,29,32)(H,30,33)/t17?,20?,22-/m1/s1. The summed E-state index contributed by atoms with van der Waals surface area (Å²) in [6, 6.07) is 12.2. The maximum atomic E-state index is 13.3. The fourth-order valence-corrected chi connectivity index (χ4v) is 5.45. The number of sulfone groups is 1. The highest BCUT2D eigenvalue weighted by atomic mass is 35.5. The van der Waals surface area contributed by atoms with Crippen molar-refractivity contribution in [1.29, 1.82) is 0 Å². The summed E-state index contributed by atoms with van der Waals surface area (Å²) >= 11 is 6.01. The predicted octanol–water partition coefficient (Wildman–Crippen LogP) is 3.66. The number of halogens is 1. The second-order valence-corrected chi connectivity index (χ2v) is 12.9. The maximum Gasteiger partial charge on any atom is 0.410 e. The number of hydrogen-bond donors (Lipinski definition) is 2. The van der Waals surface area contributed by atoms with Gasteiger partial charge in [0.1, 0.15) is 17.7 Å². The SMILES string of the molecule is CC(NC(=O)[C@H]1CC(c2ccccc2)CN1C(=O)OC(C)(C)C)C(=O)NCc1cc(Cl)ccc1S(C)(=O)=O. The van der Waals surface area contributed by atoms with E-state index >= 15 is 0 Å². The minimum atomic E-state index is -3.53. The number of carbonyl (C=O) groups excluding carboxylic acids is 3. The van der Waals surface area contributed by atoms with Gasteiger partial charge in [-0.25, -0.2) is 13.2 Å². The Morgan fingerprint density at radius 3 is 2.39 bits per heavy atom. The van der Waals surface area contributed by atoms with E-state index < -0.39 is 45.4 Å². The molecule has 3 rings (SSSR count). The second-order valence-electron chi connectivity index (χ2n) is 10.5. The lowest BCUT2D eigenvalue weighted by molar-refractivity contribution is -0.131. The Morgan fingerprint density at radius 2 is 1.79 bits per heavy atom. The highest BCUT2D eigenvalue weighted by Crippen LogP contribution is 2.33. The van der Waals surface area contributed by atoms with Crippen LogP contribution >= 0.6 is 11.6 Å². The molecule has 3 amide bonds. The third kappa shape index (κ3) is 7.70. The van der Waals surface area contributed by atoms with Crippen LogP contribution in [0.3, 0.4) is 0 Å². The highest BCUT2D eigenvalue weighted by Gasteiger charge is 2.42. The molecular formula is C27H34ClN3O6S. The zero-order chi connectivity index (χ0) is 28.3. The van der Waals surface area contributed by atoms with Gasteiger partial charge in [0.25, 0.3) is 0 Å². The molecule has 1 aliphatic rings. The Kier molecular flexibility index (Phi) is 9.09. The summed E-state index contributed by atoms with van der Waals surface area (Å²) in [5, 5.41) is 5.67. The van der Waals surface area contributed by atoms with E-state index in [9.17, 15) is 22.8 Å². The van der Waals surface area contributed by atoms with Gasteiger partial charge in [-0.1, -0.05) is 41.9 Å². The number of hydrogen-bond acceptors (Lipinski definition) is 6. The van der Waals surface area contributed by atoms with Crippen molar-refractivity contribution in [3.63, 3.8) is 0 Å². The highest BCUT2D eigenvalue weighted by molar-refractivity contribution is 7.90. The van der Waals surface area contributed by atoms with Crippen molar-refractivity contribution in [2.75, 3.05) is 12.8 Å². The molecule has 206 valence electrons. The van der Waals surface area contributed by atoms with Gasteiger partial charge >= 0.3 is 6.09 Å². The number of ether oxygens (including phenoxy) is 1. The average molecular weight is 564 g/mol. The van der Waals surface area contributed by atoms with Gasteiger partial charge in [0.05, 0.1) is 4.90 Å². The van der Waals surface area contributed by atoms with E-state index in [-0.39, 0.29) is 17.4 Å². The number of rotatable bonds is 7. The summed E-state index contributed by atoms with van der Waals surface area (Å²) in [6.07, 6.45) is 0.858. The van der Waals surface area contributed by atoms with Gasteiger partial charge in [-0.2, -0.15) is 0 Å². The van der Waals surface area contributed by atoms with Crippen molar-refractivity contribution >= 4 is 39.3 Å². The van der Waals surface area contributed by atoms with Crippen molar-refractivity contribution in [1.82, 2.24) is 15.5 Å². The summed E-state index contributed by atoms with van der Waals surface area (Å²) in [5.41, 5.74) is 0.608. The third-order valence-electron chi connectivity index (χ3n) is 6.13. The number of nitrogens with zero attached hydrogens (tertiary/aromatic N) is 1. The molecular weight excluding hydrogens is 530 g/mol. The Morgan fingerprint density at radius 1 is 1.13 bits per heavy atom. The number of carbonyl (C=O) groups is 3. The van der Waals surface area contributed by atoms with Crippen LogP contribution < -0.4 is 10.6 Å². The monoisotopic (exact) mass is 563 g/mol. The minimum absolute atomic E-state index is 0.0600. The van der Waals surface area contributed by atoms with E-state index in [1.165, 1.54) is 30.0 Å². The molecule has 0 bridgehead atoms. The molecule has 2 unspecified atom stereocenters. The number of amides is 3. The third-order valence-corrected chi connectivity index (χ3v) is 7.56. The van der Waals surface area contributed by atoms with Gasteiger partial charge in [-0.15, -0.1) is 0 Å². The summed E-state index contributed by atoms with van der Waals surface area (Å²) < 4.78 is 29.7. The van der Waals surface area contributed by atoms with Crippen molar-refractivity contribution in [2.24, 2.45) is 0 Å². The summed E-state index contributed by atoms with van der Waals surface area (Å²) in [6.45, 7) is 7.00. The Balaban J connectivity index is 1.70. The molecule has 11 heteroatoms. The van der Waals surface area contributed by atoms with Crippen LogP contribution in [0, 0.1) is 0 Å². The molecule has 2 N–H and O–H groups in total. The van der Waals surface area contributed by atoms with Gasteiger partial charge in [0.2, 0.25) is 11.8 Å². The molecule has 9 nitrogen and oxygen atoms in total. The largest absolute Gasteiger partial charge is 0.444 e. The topological polar surface area (TPSA) is 122 Å². The number of benzene rings is 2. The molecule has 2 aromatic rings. The van der Waals surface area contributed by atoms with Crippen LogP contribution in [0.4, 0.5) is 4.79 Å². The van der Waals surface area contributed by atoms with E-state index in [0.717, 1.165) is 11.8 Å². The summed E-state index contributed by atoms with van der Waals surface area (Å²) in [5.74, 6) is -1.06. The molecule has 1 saturated heterocycles. The van der Waals surface area contributed by atoms with Crippen LogP contribution in [0.25, 0.3) is 0 Å². The molecule has 0 spiro atoms. The molecule has 0 aliphatic carbocycles. The molecule has 1 aliphatic heterocycles. The first kappa shape index (κ1) is 29.4. The van der Waals surface area contributed by atoms with Gasteiger partial charge in [0, 0.05) is 30.3 Å². The molecule has 0 aromatic heterocycles. The van der Waals surface area contributed by atoms with Crippen LogP contribution in [0.15, 0.2) is 53.4 Å². The van der Waals surface area contributed by atoms with Crippen LogP contribution in [0.5, 0.6) is 0 Å². The molecule has 1 fully saturated rings. The van der Waals surface area contributed by atoms with E-state index in [4.69, 9.17) is 16.3 Å². The lowest BCUT2D eigenvalue weighted by Gasteiger charge is -2.28. The first-order valence-electron chi connectivity index (χ1n) is 12.3. The number of likely N-dealkylation sites (tertiary alicyclic amines) is 1. The van der Waals surface area contributed by atoms with Crippen molar-refractivity contribution in [3.05, 3.63) is 64.7 Å². The lowest BCUT2D eigenvalue weighted by atomic mass is 9.96. The summed E-state index contributed by atoms with van der Waals surface area (Å²) in [4.78, 5) is 40.5. The molecule has 2 aromatic carbocycles. The van der Waals surface area contributed by atoms with Crippen LogP contribution in [0.2, 0.25) is 5.02 Å². The van der Waals surface area contributed by atoms with Crippen LogP contribution in [0.1, 0.15) is 51.2 Å². The average Bonchev–Trinajstić information content (AvgIpc) is 3.27. The van der Waals surface area contributed by atoms with E-state index in [0.29, 0.717) is 23.6 Å². The fraction of sp³-hybridized carbons (Fsp3) is 0.444. The predicted molar refractivity (Wildman–Crippen MR) is 145 cm³/mol. The molecule has 1 heterocycles. The molecule has 38 heavy (non-hydrogen) atoms. The Bertz CT molecular complexity index is 1290. The molecule has 0 saturated carbocycles. The van der Waals surface area contributed by atoms with Gasteiger partial charge in [-0.3, -0.25) is 14.5 Å². The first-order chi connectivity index (χ1) is 17.7. The Hall–Kier alpha value is -3.11. The van der Waals surface area contributed by atoms with Crippen LogP contribution in [-0.4, -0.2) is 61.7 Å². The van der Waals surface area contributed by atoms with Gasteiger partial charge in [-0.05, 0) is 63.4 Å². The zero-order valence-electron chi connectivity index (χ0n) is 22.2. The Labute approximate surface area is 228 Å². The van der Waals surface area contributed by atoms with E-state index in [1.807, 2.05) is 30.3 Å². The first-order valence-corrected chi connectivity index (χ1v) is 14.5. The van der Waals surface area contributed by atoms with E-state index in [1.54, 1.807) is 20.8 Å². The molecule has 3 atom stereocenters. The van der Waals surface area contributed by atoms with Crippen molar-refractivity contribution in [3.8, 4) is 0 Å². The number of nitrogens with one attached hydrogen (secondary N) is 2. The van der Waals surface area contributed by atoms with E-state index in [2.05, 4.69) is 10.6 Å². The van der Waals surface area contributed by atoms with Crippen LogP contribution in [-0.2, 0) is 30.7 Å². The fourth-order valence-electron chi connectivity index (χ4n) is 4.33. The zero-order valence-corrected chi connectivity index (χ0v) is 23.7. The quantitative estimate of drug-likeness (QED) is 0.530.